The number of anilines is 2. The molecule has 0 aromatic carbocycles. The molecule has 3 rings (SSSR count). The van der Waals surface area contributed by atoms with E-state index in [0.29, 0.717) is 18.4 Å². The van der Waals surface area contributed by atoms with Crippen molar-refractivity contribution >= 4 is 23.6 Å². The molecule has 1 atom stereocenters. The monoisotopic (exact) mass is 390 g/mol. The predicted octanol–water partition coefficient (Wildman–Crippen LogP) is 1.23. The van der Waals surface area contributed by atoms with Crippen LogP contribution < -0.4 is 16.4 Å². The Labute approximate surface area is 165 Å². The molecule has 4 N–H and O–H groups in total. The molecule has 1 aliphatic carbocycles. The zero-order valence-corrected chi connectivity index (χ0v) is 16.6. The summed E-state index contributed by atoms with van der Waals surface area (Å²) in [4.78, 5) is 34.3. The van der Waals surface area contributed by atoms with Crippen LogP contribution in [0.2, 0.25) is 0 Å². The second kappa shape index (κ2) is 9.18. The summed E-state index contributed by atoms with van der Waals surface area (Å²) in [6.07, 6.45) is 6.83. The van der Waals surface area contributed by atoms with Gasteiger partial charge in [-0.05, 0) is 38.5 Å². The Morgan fingerprint density at radius 1 is 1.14 bits per heavy atom. The minimum Gasteiger partial charge on any atom is -0.379 e. The normalized spacial score (nSPS) is 25.0. The largest absolute Gasteiger partial charge is 0.379 e. The first kappa shape index (κ1) is 20.3. The first-order valence-electron chi connectivity index (χ1n) is 9.93. The molecule has 1 saturated carbocycles. The Balaban J connectivity index is 1.63. The molecule has 2 fully saturated rings. The first-order valence-corrected chi connectivity index (χ1v) is 9.93. The molecule has 2 aliphatic rings. The van der Waals surface area contributed by atoms with Crippen molar-refractivity contribution in [3.63, 3.8) is 0 Å². The highest BCUT2D eigenvalue weighted by Gasteiger charge is 2.28. The number of nitrogens with one attached hydrogen (secondary N) is 2. The van der Waals surface area contributed by atoms with Gasteiger partial charge < -0.3 is 26.0 Å². The third kappa shape index (κ3) is 5.09. The average Bonchev–Trinajstić information content (AvgIpc) is 2.69. The van der Waals surface area contributed by atoms with Gasteiger partial charge >= 0.3 is 0 Å². The lowest BCUT2D eigenvalue weighted by molar-refractivity contribution is -0.133. The SMILES string of the molecule is CN(C)C(=O)C1CCC(Nc2ncc(C(N)=O)c(N[C@@H]3CCCOC3)n2)CC1. The third-order valence-electron chi connectivity index (χ3n) is 5.41. The van der Waals surface area contributed by atoms with Gasteiger partial charge in [0.15, 0.2) is 0 Å². The average molecular weight is 390 g/mol. The Hall–Kier alpha value is -2.42. The van der Waals surface area contributed by atoms with E-state index in [2.05, 4.69) is 20.6 Å². The smallest absolute Gasteiger partial charge is 0.254 e. The van der Waals surface area contributed by atoms with E-state index >= 15 is 0 Å². The van der Waals surface area contributed by atoms with Gasteiger partial charge in [0.2, 0.25) is 11.9 Å². The first-order chi connectivity index (χ1) is 13.4. The molecule has 0 unspecified atom stereocenters. The number of rotatable bonds is 6. The summed E-state index contributed by atoms with van der Waals surface area (Å²) in [7, 11) is 3.60. The summed E-state index contributed by atoms with van der Waals surface area (Å²) in [5, 5.41) is 6.62. The number of nitrogens with zero attached hydrogens (tertiary/aromatic N) is 3. The fraction of sp³-hybridized carbons (Fsp3) is 0.684. The minimum atomic E-state index is -0.562. The molecule has 0 radical (unpaired) electrons. The van der Waals surface area contributed by atoms with Gasteiger partial charge in [0.1, 0.15) is 5.82 Å². The highest BCUT2D eigenvalue weighted by Crippen LogP contribution is 2.27. The van der Waals surface area contributed by atoms with Crippen LogP contribution in [0.1, 0.15) is 48.9 Å². The topological polar surface area (TPSA) is 122 Å². The number of carbonyl (C=O) groups is 2. The molecule has 0 bridgehead atoms. The maximum atomic E-state index is 12.1. The Morgan fingerprint density at radius 3 is 2.50 bits per heavy atom. The summed E-state index contributed by atoms with van der Waals surface area (Å²) < 4.78 is 5.48. The molecule has 9 heteroatoms. The fourth-order valence-electron chi connectivity index (χ4n) is 3.82. The number of carbonyl (C=O) groups excluding carboxylic acids is 2. The number of hydrogen-bond donors (Lipinski definition) is 3. The van der Waals surface area contributed by atoms with Gasteiger partial charge in [-0.25, -0.2) is 4.98 Å². The van der Waals surface area contributed by atoms with Gasteiger partial charge in [-0.2, -0.15) is 4.98 Å². The van der Waals surface area contributed by atoms with Crippen molar-refractivity contribution in [3.8, 4) is 0 Å². The predicted molar refractivity (Wildman–Crippen MR) is 106 cm³/mol. The second-order valence-electron chi connectivity index (χ2n) is 7.80. The van der Waals surface area contributed by atoms with Crippen molar-refractivity contribution < 1.29 is 14.3 Å². The minimum absolute atomic E-state index is 0.0923. The van der Waals surface area contributed by atoms with E-state index in [4.69, 9.17) is 10.5 Å². The lowest BCUT2D eigenvalue weighted by atomic mass is 9.85. The lowest BCUT2D eigenvalue weighted by Gasteiger charge is -2.30. The van der Waals surface area contributed by atoms with Gasteiger partial charge in [-0.3, -0.25) is 9.59 Å². The Morgan fingerprint density at radius 2 is 1.89 bits per heavy atom. The van der Waals surface area contributed by atoms with E-state index in [1.54, 1.807) is 19.0 Å². The number of nitrogens with two attached hydrogens (primary N) is 1. The maximum absolute atomic E-state index is 12.1. The summed E-state index contributed by atoms with van der Waals surface area (Å²) in [5.41, 5.74) is 5.75. The molecular formula is C19H30N6O3. The highest BCUT2D eigenvalue weighted by molar-refractivity contribution is 5.97. The van der Waals surface area contributed by atoms with E-state index in [9.17, 15) is 9.59 Å². The summed E-state index contributed by atoms with van der Waals surface area (Å²) in [6.45, 7) is 1.34. The quantitative estimate of drug-likeness (QED) is 0.667. The second-order valence-corrected chi connectivity index (χ2v) is 7.80. The van der Waals surface area contributed by atoms with Crippen molar-refractivity contribution in [2.45, 2.75) is 50.6 Å². The van der Waals surface area contributed by atoms with Crippen LogP contribution in [0.15, 0.2) is 6.20 Å². The molecule has 28 heavy (non-hydrogen) atoms. The van der Waals surface area contributed by atoms with E-state index in [1.807, 2.05) is 0 Å². The van der Waals surface area contributed by atoms with Crippen molar-refractivity contribution in [2.75, 3.05) is 37.9 Å². The van der Waals surface area contributed by atoms with Crippen molar-refractivity contribution in [3.05, 3.63) is 11.8 Å². The molecule has 2 amide bonds. The van der Waals surface area contributed by atoms with Crippen LogP contribution in [0.3, 0.4) is 0 Å². The molecule has 1 aromatic rings. The van der Waals surface area contributed by atoms with Gasteiger partial charge in [-0.1, -0.05) is 0 Å². The zero-order chi connectivity index (χ0) is 20.1. The molecular weight excluding hydrogens is 360 g/mol. The summed E-state index contributed by atoms with van der Waals surface area (Å²) in [5.74, 6) is 0.633. The van der Waals surface area contributed by atoms with Crippen LogP contribution in [0, 0.1) is 5.92 Å². The van der Waals surface area contributed by atoms with Crippen molar-refractivity contribution in [1.29, 1.82) is 0 Å². The van der Waals surface area contributed by atoms with Crippen LogP contribution in [0.5, 0.6) is 0 Å². The number of primary amides is 1. The highest BCUT2D eigenvalue weighted by atomic mass is 16.5. The third-order valence-corrected chi connectivity index (χ3v) is 5.41. The van der Waals surface area contributed by atoms with E-state index in [-0.39, 0.29) is 29.5 Å². The van der Waals surface area contributed by atoms with Gasteiger partial charge in [0, 0.05) is 38.9 Å². The van der Waals surface area contributed by atoms with E-state index in [0.717, 1.165) is 45.1 Å². The lowest BCUT2D eigenvalue weighted by Crippen LogP contribution is -2.35. The van der Waals surface area contributed by atoms with E-state index < -0.39 is 5.91 Å². The standard InChI is InChI=1S/C19H30N6O3/c1-25(2)18(27)12-5-7-13(8-6-12)23-19-21-10-15(16(20)26)17(24-19)22-14-4-3-9-28-11-14/h10,12-14H,3-9,11H2,1-2H3,(H2,20,26)(H2,21,22,23,24)/t12?,13?,14-/m1/s1. The number of aromatic nitrogens is 2. The number of amides is 2. The van der Waals surface area contributed by atoms with Crippen LogP contribution in [-0.4, -0.2) is 66.1 Å². The molecule has 2 heterocycles. The van der Waals surface area contributed by atoms with Gasteiger partial charge in [0.25, 0.3) is 5.91 Å². The Bertz CT molecular complexity index is 697. The van der Waals surface area contributed by atoms with Crippen molar-refractivity contribution in [1.82, 2.24) is 14.9 Å². The molecule has 9 nitrogen and oxygen atoms in total. The number of hydrogen-bond acceptors (Lipinski definition) is 7. The van der Waals surface area contributed by atoms with Crippen LogP contribution in [-0.2, 0) is 9.53 Å². The summed E-state index contributed by atoms with van der Waals surface area (Å²) >= 11 is 0. The summed E-state index contributed by atoms with van der Waals surface area (Å²) in [6, 6.07) is 0.304. The molecule has 0 spiro atoms. The van der Waals surface area contributed by atoms with Crippen LogP contribution in [0.25, 0.3) is 0 Å². The van der Waals surface area contributed by atoms with Crippen molar-refractivity contribution in [2.24, 2.45) is 11.7 Å². The number of ether oxygens (including phenoxy) is 1. The Kier molecular flexibility index (Phi) is 6.66. The van der Waals surface area contributed by atoms with Gasteiger partial charge in [-0.15, -0.1) is 0 Å². The van der Waals surface area contributed by atoms with Crippen LogP contribution in [0.4, 0.5) is 11.8 Å². The van der Waals surface area contributed by atoms with E-state index in [1.165, 1.54) is 6.20 Å². The molecule has 1 aliphatic heterocycles. The molecule has 1 saturated heterocycles. The molecule has 1 aromatic heterocycles. The van der Waals surface area contributed by atoms with Crippen LogP contribution >= 0.6 is 0 Å². The fourth-order valence-corrected chi connectivity index (χ4v) is 3.82. The maximum Gasteiger partial charge on any atom is 0.254 e. The molecule has 154 valence electrons. The van der Waals surface area contributed by atoms with Gasteiger partial charge in [0.05, 0.1) is 18.2 Å². The zero-order valence-electron chi connectivity index (χ0n) is 16.6.